The van der Waals surface area contributed by atoms with E-state index in [2.05, 4.69) is 4.74 Å². The van der Waals surface area contributed by atoms with E-state index in [0.29, 0.717) is 0 Å². The van der Waals surface area contributed by atoms with Crippen molar-refractivity contribution >= 4 is 11.5 Å². The Morgan fingerprint density at radius 2 is 1.94 bits per heavy atom. The molecule has 0 saturated heterocycles. The van der Waals surface area contributed by atoms with Crippen LogP contribution >= 0.6 is 0 Å². The molecule has 0 aromatic heterocycles. The molecule has 0 N–H and O–H groups in total. The molecule has 5 nitrogen and oxygen atoms in total. The first kappa shape index (κ1) is 13.9. The smallest absolute Gasteiger partial charge is 0.423 e. The molecule has 0 atom stereocenters. The molecule has 98 valence electrons. The van der Waals surface area contributed by atoms with Crippen molar-refractivity contribution in [2.24, 2.45) is 0 Å². The van der Waals surface area contributed by atoms with Crippen molar-refractivity contribution in [3.8, 4) is 5.75 Å². The van der Waals surface area contributed by atoms with Crippen LogP contribution in [0.5, 0.6) is 5.75 Å². The van der Waals surface area contributed by atoms with E-state index >= 15 is 0 Å². The van der Waals surface area contributed by atoms with Crippen molar-refractivity contribution in [3.63, 3.8) is 0 Å². The normalized spacial score (nSPS) is 11.2. The number of hydrogen-bond acceptors (Lipinski definition) is 4. The first-order valence-corrected chi connectivity index (χ1v) is 4.63. The molecular formula is C10H8F3NO4. The fourth-order valence-corrected chi connectivity index (χ4v) is 1.50. The Labute approximate surface area is 99.3 Å². The van der Waals surface area contributed by atoms with Crippen LogP contribution in [0.2, 0.25) is 0 Å². The zero-order chi connectivity index (χ0) is 14.1. The zero-order valence-electron chi connectivity index (χ0n) is 9.37. The van der Waals surface area contributed by atoms with Gasteiger partial charge in [0.25, 0.3) is 0 Å². The van der Waals surface area contributed by atoms with Gasteiger partial charge in [-0.15, -0.1) is 0 Å². The summed E-state index contributed by atoms with van der Waals surface area (Å²) in [5.74, 6) is -1.45. The van der Waals surface area contributed by atoms with Gasteiger partial charge in [0.05, 0.1) is 12.0 Å². The Bertz CT molecular complexity index is 511. The number of ketones is 1. The minimum absolute atomic E-state index is 0.544. The van der Waals surface area contributed by atoms with Crippen molar-refractivity contribution in [3.05, 3.63) is 33.4 Å². The summed E-state index contributed by atoms with van der Waals surface area (Å²) in [6.07, 6.45) is -5.02. The number of methoxy groups -OCH3 is 1. The maximum absolute atomic E-state index is 12.8. The van der Waals surface area contributed by atoms with Crippen LogP contribution in [-0.2, 0) is 6.18 Å². The highest BCUT2D eigenvalue weighted by atomic mass is 19.4. The molecule has 0 bridgehead atoms. The monoisotopic (exact) mass is 263 g/mol. The van der Waals surface area contributed by atoms with Crippen molar-refractivity contribution in [2.45, 2.75) is 13.1 Å². The van der Waals surface area contributed by atoms with Gasteiger partial charge in [-0.05, 0) is 19.1 Å². The summed E-state index contributed by atoms with van der Waals surface area (Å²) < 4.78 is 43.0. The molecule has 0 heterocycles. The van der Waals surface area contributed by atoms with Gasteiger partial charge >= 0.3 is 11.9 Å². The Kier molecular flexibility index (Phi) is 3.59. The topological polar surface area (TPSA) is 69.4 Å². The molecule has 0 saturated carbocycles. The zero-order valence-corrected chi connectivity index (χ0v) is 9.37. The summed E-state index contributed by atoms with van der Waals surface area (Å²) in [4.78, 5) is 20.6. The van der Waals surface area contributed by atoms with Gasteiger partial charge in [0, 0.05) is 5.56 Å². The van der Waals surface area contributed by atoms with Crippen molar-refractivity contribution < 1.29 is 27.6 Å². The number of Topliss-reactive ketones (excluding diaryl/α,β-unsaturated/α-hetero) is 1. The fraction of sp³-hybridized carbons (Fsp3) is 0.300. The molecule has 1 aromatic carbocycles. The van der Waals surface area contributed by atoms with Crippen LogP contribution in [-0.4, -0.2) is 17.8 Å². The highest BCUT2D eigenvalue weighted by molar-refractivity contribution is 5.97. The molecule has 18 heavy (non-hydrogen) atoms. The van der Waals surface area contributed by atoms with E-state index in [0.717, 1.165) is 26.2 Å². The molecule has 0 spiro atoms. The van der Waals surface area contributed by atoms with E-state index in [1.807, 2.05) is 0 Å². The van der Waals surface area contributed by atoms with E-state index in [1.54, 1.807) is 0 Å². The lowest BCUT2D eigenvalue weighted by atomic mass is 10.0. The van der Waals surface area contributed by atoms with Gasteiger partial charge in [0.2, 0.25) is 0 Å². The molecule has 0 amide bonds. The van der Waals surface area contributed by atoms with Crippen LogP contribution in [0.15, 0.2) is 12.1 Å². The molecule has 1 aromatic rings. The van der Waals surface area contributed by atoms with Gasteiger partial charge in [0.1, 0.15) is 5.56 Å². The molecule has 0 unspecified atom stereocenters. The number of benzene rings is 1. The lowest BCUT2D eigenvalue weighted by molar-refractivity contribution is -0.389. The molecule has 1 rings (SSSR count). The second-order valence-corrected chi connectivity index (χ2v) is 3.35. The predicted octanol–water partition coefficient (Wildman–Crippen LogP) is 2.82. The molecular weight excluding hydrogens is 255 g/mol. The summed E-state index contributed by atoms with van der Waals surface area (Å²) in [6.45, 7) is 0.904. The summed E-state index contributed by atoms with van der Waals surface area (Å²) in [5, 5.41) is 10.7. The van der Waals surface area contributed by atoms with Gasteiger partial charge in [-0.1, -0.05) is 0 Å². The maximum Gasteiger partial charge on any atom is 0.423 e. The molecule has 0 radical (unpaired) electrons. The number of nitro groups is 1. The number of rotatable bonds is 3. The SMILES string of the molecule is COc1ccc(C(C)=O)c(C(F)(F)F)c1[N+](=O)[O-]. The van der Waals surface area contributed by atoms with E-state index in [1.165, 1.54) is 0 Å². The highest BCUT2D eigenvalue weighted by Gasteiger charge is 2.43. The van der Waals surface area contributed by atoms with Crippen LogP contribution in [0, 0.1) is 10.1 Å². The number of carbonyl (C=O) groups excluding carboxylic acids is 1. The first-order chi connectivity index (χ1) is 8.20. The van der Waals surface area contributed by atoms with Crippen LogP contribution < -0.4 is 4.74 Å². The average Bonchev–Trinajstić information content (AvgIpc) is 2.25. The van der Waals surface area contributed by atoms with Gasteiger partial charge in [0.15, 0.2) is 11.5 Å². The molecule has 0 aliphatic carbocycles. The van der Waals surface area contributed by atoms with Gasteiger partial charge in [-0.25, -0.2) is 0 Å². The largest absolute Gasteiger partial charge is 0.490 e. The summed E-state index contributed by atoms with van der Waals surface area (Å²) in [5.41, 5.74) is -3.59. The molecule has 0 aliphatic heterocycles. The summed E-state index contributed by atoms with van der Waals surface area (Å²) in [6, 6.07) is 1.82. The third-order valence-electron chi connectivity index (χ3n) is 2.21. The Hall–Kier alpha value is -2.12. The van der Waals surface area contributed by atoms with Crippen molar-refractivity contribution in [2.75, 3.05) is 7.11 Å². The van der Waals surface area contributed by atoms with Gasteiger partial charge < -0.3 is 4.74 Å². The number of halogens is 3. The first-order valence-electron chi connectivity index (χ1n) is 4.63. The molecule has 0 aliphatic rings. The van der Waals surface area contributed by atoms with Crippen LogP contribution in [0.1, 0.15) is 22.8 Å². The maximum atomic E-state index is 12.8. The van der Waals surface area contributed by atoms with Gasteiger partial charge in [-0.2, -0.15) is 13.2 Å². The van der Waals surface area contributed by atoms with Crippen LogP contribution in [0.4, 0.5) is 18.9 Å². The highest BCUT2D eigenvalue weighted by Crippen LogP contribution is 2.43. The number of ether oxygens (including phenoxy) is 1. The van der Waals surface area contributed by atoms with Gasteiger partial charge in [-0.3, -0.25) is 14.9 Å². The van der Waals surface area contributed by atoms with Crippen molar-refractivity contribution in [1.82, 2.24) is 0 Å². The standard InChI is InChI=1S/C10H8F3NO4/c1-5(15)6-3-4-7(18-2)9(14(16)17)8(6)10(11,12)13/h3-4H,1-2H3. The lowest BCUT2D eigenvalue weighted by Gasteiger charge is -2.13. The van der Waals surface area contributed by atoms with Crippen LogP contribution in [0.25, 0.3) is 0 Å². The van der Waals surface area contributed by atoms with E-state index < -0.39 is 39.4 Å². The lowest BCUT2D eigenvalue weighted by Crippen LogP contribution is -2.15. The minimum Gasteiger partial charge on any atom is -0.490 e. The Morgan fingerprint density at radius 1 is 1.39 bits per heavy atom. The predicted molar refractivity (Wildman–Crippen MR) is 54.7 cm³/mol. The number of hydrogen-bond donors (Lipinski definition) is 0. The number of nitrogens with zero attached hydrogens (tertiary/aromatic N) is 1. The summed E-state index contributed by atoms with van der Waals surface area (Å²) in [7, 11) is 1.01. The Morgan fingerprint density at radius 3 is 2.28 bits per heavy atom. The van der Waals surface area contributed by atoms with E-state index in [-0.39, 0.29) is 0 Å². The quantitative estimate of drug-likeness (QED) is 0.477. The number of nitro benzene ring substituents is 1. The van der Waals surface area contributed by atoms with Crippen LogP contribution in [0.3, 0.4) is 0 Å². The second kappa shape index (κ2) is 4.63. The number of alkyl halides is 3. The fourth-order valence-electron chi connectivity index (χ4n) is 1.50. The molecule has 0 fully saturated rings. The van der Waals surface area contributed by atoms with E-state index in [4.69, 9.17) is 0 Å². The van der Waals surface area contributed by atoms with Crippen molar-refractivity contribution in [1.29, 1.82) is 0 Å². The Balaban J connectivity index is 3.77. The third-order valence-corrected chi connectivity index (χ3v) is 2.21. The van der Waals surface area contributed by atoms with E-state index in [9.17, 15) is 28.1 Å². The third kappa shape index (κ3) is 2.41. The minimum atomic E-state index is -5.02. The summed E-state index contributed by atoms with van der Waals surface area (Å²) >= 11 is 0. The second-order valence-electron chi connectivity index (χ2n) is 3.35. The number of carbonyl (C=O) groups is 1. The average molecular weight is 263 g/mol. The molecule has 8 heteroatoms.